The van der Waals surface area contributed by atoms with Gasteiger partial charge in [-0.3, -0.25) is 9.59 Å². The molecular formula is C19H18F2N2O4. The van der Waals surface area contributed by atoms with Crippen molar-refractivity contribution < 1.29 is 27.8 Å². The molecule has 2 N–H and O–H groups in total. The summed E-state index contributed by atoms with van der Waals surface area (Å²) >= 11 is 0. The first-order valence-corrected chi connectivity index (χ1v) is 8.36. The summed E-state index contributed by atoms with van der Waals surface area (Å²) in [7, 11) is 0. The van der Waals surface area contributed by atoms with E-state index in [-0.39, 0.29) is 37.3 Å². The second kappa shape index (κ2) is 8.03. The Morgan fingerprint density at radius 2 is 1.89 bits per heavy atom. The molecule has 0 aliphatic carbocycles. The highest BCUT2D eigenvalue weighted by atomic mass is 19.1. The average Bonchev–Trinajstić information content (AvgIpc) is 3.09. The van der Waals surface area contributed by atoms with Crippen LogP contribution in [0.5, 0.6) is 11.5 Å². The SMILES string of the molecule is C[C@@H](NC(=O)CCNC(=O)c1ccc(F)cc1F)c1ccc2c(c1)OCO2. The first-order valence-electron chi connectivity index (χ1n) is 8.36. The maximum absolute atomic E-state index is 13.5. The molecule has 2 aromatic carbocycles. The highest BCUT2D eigenvalue weighted by molar-refractivity contribution is 5.94. The molecule has 8 heteroatoms. The van der Waals surface area contributed by atoms with E-state index in [1.165, 1.54) is 0 Å². The van der Waals surface area contributed by atoms with Crippen molar-refractivity contribution in [3.05, 3.63) is 59.2 Å². The lowest BCUT2D eigenvalue weighted by Crippen LogP contribution is -2.32. The first kappa shape index (κ1) is 18.6. The predicted octanol–water partition coefficient (Wildman–Crippen LogP) is 2.69. The molecule has 6 nitrogen and oxygen atoms in total. The molecule has 27 heavy (non-hydrogen) atoms. The molecule has 1 atom stereocenters. The average molecular weight is 376 g/mol. The summed E-state index contributed by atoms with van der Waals surface area (Å²) in [5.41, 5.74) is 0.579. The van der Waals surface area contributed by atoms with Gasteiger partial charge in [0.15, 0.2) is 11.5 Å². The van der Waals surface area contributed by atoms with Gasteiger partial charge >= 0.3 is 0 Å². The smallest absolute Gasteiger partial charge is 0.254 e. The van der Waals surface area contributed by atoms with Gasteiger partial charge in [-0.1, -0.05) is 6.07 Å². The highest BCUT2D eigenvalue weighted by Crippen LogP contribution is 2.34. The zero-order chi connectivity index (χ0) is 19.4. The van der Waals surface area contributed by atoms with Crippen LogP contribution in [0.25, 0.3) is 0 Å². The van der Waals surface area contributed by atoms with Crippen LogP contribution in [0.1, 0.15) is 35.3 Å². The number of nitrogens with one attached hydrogen (secondary N) is 2. The molecule has 3 rings (SSSR count). The van der Waals surface area contributed by atoms with Crippen LogP contribution in [-0.2, 0) is 4.79 Å². The quantitative estimate of drug-likeness (QED) is 0.813. The summed E-state index contributed by atoms with van der Waals surface area (Å²) in [6.07, 6.45) is 0.0173. The van der Waals surface area contributed by atoms with Gasteiger partial charge in [-0.15, -0.1) is 0 Å². The van der Waals surface area contributed by atoms with E-state index in [0.717, 1.165) is 17.7 Å². The Morgan fingerprint density at radius 3 is 2.67 bits per heavy atom. The fraction of sp³-hybridized carbons (Fsp3) is 0.263. The van der Waals surface area contributed by atoms with E-state index in [9.17, 15) is 18.4 Å². The number of halogens is 2. The minimum Gasteiger partial charge on any atom is -0.454 e. The standard InChI is InChI=1S/C19H18F2N2O4/c1-11(12-2-5-16-17(8-12)27-10-26-16)23-18(24)6-7-22-19(25)14-4-3-13(20)9-15(14)21/h2-5,8-9,11H,6-7,10H2,1H3,(H,22,25)(H,23,24)/t11-/m1/s1. The van der Waals surface area contributed by atoms with Crippen molar-refractivity contribution in [3.63, 3.8) is 0 Å². The Hall–Kier alpha value is -3.16. The molecule has 1 heterocycles. The van der Waals surface area contributed by atoms with E-state index in [1.807, 2.05) is 13.0 Å². The third-order valence-electron chi connectivity index (χ3n) is 4.09. The Kier molecular flexibility index (Phi) is 5.54. The third kappa shape index (κ3) is 4.52. The van der Waals surface area contributed by atoms with E-state index >= 15 is 0 Å². The summed E-state index contributed by atoms with van der Waals surface area (Å²) in [6, 6.07) is 7.83. The minimum atomic E-state index is -0.951. The lowest BCUT2D eigenvalue weighted by Gasteiger charge is -2.15. The maximum Gasteiger partial charge on any atom is 0.254 e. The lowest BCUT2D eigenvalue weighted by atomic mass is 10.1. The van der Waals surface area contributed by atoms with Crippen molar-refractivity contribution in [1.82, 2.24) is 10.6 Å². The fourth-order valence-electron chi connectivity index (χ4n) is 2.64. The van der Waals surface area contributed by atoms with Gasteiger partial charge in [0.2, 0.25) is 12.7 Å². The number of amides is 2. The molecule has 2 aromatic rings. The van der Waals surface area contributed by atoms with Gasteiger partial charge < -0.3 is 20.1 Å². The molecule has 142 valence electrons. The molecule has 0 bridgehead atoms. The lowest BCUT2D eigenvalue weighted by molar-refractivity contribution is -0.121. The van der Waals surface area contributed by atoms with E-state index in [4.69, 9.17) is 9.47 Å². The molecule has 1 aliphatic heterocycles. The van der Waals surface area contributed by atoms with E-state index < -0.39 is 17.5 Å². The fourth-order valence-corrected chi connectivity index (χ4v) is 2.64. The van der Waals surface area contributed by atoms with Crippen LogP contribution in [0.3, 0.4) is 0 Å². The molecule has 0 saturated heterocycles. The topological polar surface area (TPSA) is 76.7 Å². The molecular weight excluding hydrogens is 358 g/mol. The van der Waals surface area contributed by atoms with Crippen LogP contribution in [0.15, 0.2) is 36.4 Å². The third-order valence-corrected chi connectivity index (χ3v) is 4.09. The Labute approximate surface area is 154 Å². The maximum atomic E-state index is 13.5. The van der Waals surface area contributed by atoms with Gasteiger partial charge in [0.25, 0.3) is 5.91 Å². The zero-order valence-corrected chi connectivity index (χ0v) is 14.6. The summed E-state index contributed by atoms with van der Waals surface area (Å²) in [5, 5.41) is 5.25. The summed E-state index contributed by atoms with van der Waals surface area (Å²) < 4.78 is 37.0. The van der Waals surface area contributed by atoms with Crippen molar-refractivity contribution in [3.8, 4) is 11.5 Å². The summed E-state index contributed by atoms with van der Waals surface area (Å²) in [5.74, 6) is -1.41. The van der Waals surface area contributed by atoms with E-state index in [2.05, 4.69) is 10.6 Å². The van der Waals surface area contributed by atoms with E-state index in [1.54, 1.807) is 12.1 Å². The second-order valence-corrected chi connectivity index (χ2v) is 6.03. The van der Waals surface area contributed by atoms with Gasteiger partial charge in [-0.05, 0) is 36.8 Å². The molecule has 0 spiro atoms. The predicted molar refractivity (Wildman–Crippen MR) is 92.4 cm³/mol. The Morgan fingerprint density at radius 1 is 1.11 bits per heavy atom. The van der Waals surface area contributed by atoms with Crippen molar-refractivity contribution >= 4 is 11.8 Å². The van der Waals surface area contributed by atoms with Crippen molar-refractivity contribution in [2.24, 2.45) is 0 Å². The second-order valence-electron chi connectivity index (χ2n) is 6.03. The molecule has 2 amide bonds. The zero-order valence-electron chi connectivity index (χ0n) is 14.6. The van der Waals surface area contributed by atoms with Crippen molar-refractivity contribution in [2.75, 3.05) is 13.3 Å². The monoisotopic (exact) mass is 376 g/mol. The first-order chi connectivity index (χ1) is 12.9. The van der Waals surface area contributed by atoms with Gasteiger partial charge in [0.1, 0.15) is 11.6 Å². The highest BCUT2D eigenvalue weighted by Gasteiger charge is 2.17. The normalized spacial score (nSPS) is 13.1. The van der Waals surface area contributed by atoms with Gasteiger partial charge in [0.05, 0.1) is 11.6 Å². The number of hydrogen-bond donors (Lipinski definition) is 2. The van der Waals surface area contributed by atoms with Gasteiger partial charge in [-0.25, -0.2) is 8.78 Å². The largest absolute Gasteiger partial charge is 0.454 e. The van der Waals surface area contributed by atoms with Crippen molar-refractivity contribution in [2.45, 2.75) is 19.4 Å². The number of rotatable bonds is 6. The number of ether oxygens (including phenoxy) is 2. The number of carbonyl (C=O) groups is 2. The molecule has 0 radical (unpaired) electrons. The van der Waals surface area contributed by atoms with Crippen LogP contribution in [-0.4, -0.2) is 25.2 Å². The van der Waals surface area contributed by atoms with Gasteiger partial charge in [-0.2, -0.15) is 0 Å². The van der Waals surface area contributed by atoms with Crippen LogP contribution < -0.4 is 20.1 Å². The molecule has 1 aliphatic rings. The molecule has 0 fully saturated rings. The van der Waals surface area contributed by atoms with E-state index in [0.29, 0.717) is 17.6 Å². The number of benzene rings is 2. The van der Waals surface area contributed by atoms with Crippen LogP contribution in [0.2, 0.25) is 0 Å². The van der Waals surface area contributed by atoms with Crippen LogP contribution in [0.4, 0.5) is 8.78 Å². The van der Waals surface area contributed by atoms with Crippen LogP contribution in [0, 0.1) is 11.6 Å². The number of carbonyl (C=O) groups excluding carboxylic acids is 2. The summed E-state index contributed by atoms with van der Waals surface area (Å²) in [4.78, 5) is 23.9. The molecule has 0 unspecified atom stereocenters. The molecule has 0 saturated carbocycles. The minimum absolute atomic E-state index is 0.0173. The number of hydrogen-bond acceptors (Lipinski definition) is 4. The Bertz CT molecular complexity index is 873. The molecule has 0 aromatic heterocycles. The number of fused-ring (bicyclic) bond motifs is 1. The van der Waals surface area contributed by atoms with Crippen molar-refractivity contribution in [1.29, 1.82) is 0 Å². The summed E-state index contributed by atoms with van der Waals surface area (Å²) in [6.45, 7) is 2.02. The Balaban J connectivity index is 1.47. The van der Waals surface area contributed by atoms with Crippen LogP contribution >= 0.6 is 0 Å². The van der Waals surface area contributed by atoms with Gasteiger partial charge in [0, 0.05) is 19.0 Å².